The van der Waals surface area contributed by atoms with Crippen LogP contribution < -0.4 is 65.5 Å². The number of halogens is 8. The van der Waals surface area contributed by atoms with Crippen LogP contribution in [-0.2, 0) is 5.41 Å². The van der Waals surface area contributed by atoms with Crippen LogP contribution in [0.25, 0.3) is 34.1 Å². The van der Waals surface area contributed by atoms with Crippen molar-refractivity contribution in [3.63, 3.8) is 0 Å². The summed E-state index contributed by atoms with van der Waals surface area (Å²) in [5, 5.41) is 51.7. The van der Waals surface area contributed by atoms with Gasteiger partial charge in [-0.15, -0.1) is 0 Å². The van der Waals surface area contributed by atoms with Crippen molar-refractivity contribution >= 4 is 94.7 Å². The molecule has 15 rings (SSSR count). The van der Waals surface area contributed by atoms with E-state index in [0.717, 1.165) is 46.9 Å². The van der Waals surface area contributed by atoms with E-state index in [1.54, 1.807) is 82.9 Å². The Morgan fingerprint density at radius 3 is 1.03 bits per heavy atom. The molecule has 11 heterocycles. The molecule has 0 amide bonds. The van der Waals surface area contributed by atoms with Crippen LogP contribution >= 0.6 is 0 Å². The van der Waals surface area contributed by atoms with Crippen LogP contribution in [0.1, 0.15) is 101 Å². The number of anilines is 16. The summed E-state index contributed by atoms with van der Waals surface area (Å²) in [4.78, 5) is 57.3. The number of nitrogen functional groups attached to an aromatic ring is 4. The molecule has 4 aromatic carbocycles. The van der Waals surface area contributed by atoms with Crippen molar-refractivity contribution in [3.8, 4) is 34.1 Å². The maximum atomic E-state index is 14.0. The van der Waals surface area contributed by atoms with Gasteiger partial charge in [0, 0.05) is 106 Å². The quantitative estimate of drug-likeness (QED) is 0.0264. The van der Waals surface area contributed by atoms with Crippen molar-refractivity contribution < 1.29 is 39.5 Å². The molecule has 0 aliphatic carbocycles. The summed E-state index contributed by atoms with van der Waals surface area (Å²) >= 11 is 0. The summed E-state index contributed by atoms with van der Waals surface area (Å²) in [6.07, 6.45) is 6.59. The highest BCUT2D eigenvalue weighted by molar-refractivity contribution is 5.66. The lowest BCUT2D eigenvalue weighted by molar-refractivity contribution is 0.565. The molecule has 20 N–H and O–H groups in total. The summed E-state index contributed by atoms with van der Waals surface area (Å²) in [5.74, 6) is -1.73. The van der Waals surface area contributed by atoms with Crippen LogP contribution in [0, 0.1) is 46.5 Å². The fourth-order valence-electron chi connectivity index (χ4n) is 10.8. The Bertz CT molecular complexity index is 5670. The Morgan fingerprint density at radius 2 is 0.692 bits per heavy atom. The summed E-state index contributed by atoms with van der Waals surface area (Å²) < 4.78 is 114. The minimum Gasteiger partial charge on any atom is -0.463 e. The first-order valence-corrected chi connectivity index (χ1v) is 35.1. The van der Waals surface area contributed by atoms with E-state index in [1.165, 1.54) is 48.5 Å². The topological polar surface area (TPSA) is 509 Å². The molecule has 0 aliphatic rings. The van der Waals surface area contributed by atoms with Gasteiger partial charge in [0.25, 0.3) is 0 Å². The Kier molecular flexibility index (Phi) is 25.1. The molecule has 0 spiro atoms. The van der Waals surface area contributed by atoms with Gasteiger partial charge in [0.15, 0.2) is 29.0 Å². The van der Waals surface area contributed by atoms with Crippen molar-refractivity contribution in [1.29, 1.82) is 0 Å². The predicted octanol–water partition coefficient (Wildman–Crippen LogP) is 14.2. The van der Waals surface area contributed by atoms with Gasteiger partial charge in [-0.25, -0.2) is 35.1 Å². The van der Waals surface area contributed by atoms with Gasteiger partial charge in [-0.1, -0.05) is 51.1 Å². The first kappa shape index (κ1) is 80.9. The van der Waals surface area contributed by atoms with Crippen molar-refractivity contribution in [2.45, 2.75) is 78.0 Å². The predicted molar refractivity (Wildman–Crippen MR) is 421 cm³/mol. The molecule has 117 heavy (non-hydrogen) atoms. The molecule has 0 saturated heterocycles. The number of aromatic amines is 4. The van der Waals surface area contributed by atoms with Gasteiger partial charge in [-0.2, -0.15) is 80.2 Å². The molecule has 600 valence electrons. The number of pyridine rings is 2. The average Bonchev–Trinajstić information content (AvgIpc) is 1.84. The molecule has 15 aromatic rings. The third-order valence-electron chi connectivity index (χ3n) is 16.5. The molecule has 0 aliphatic heterocycles. The van der Waals surface area contributed by atoms with E-state index in [-0.39, 0.29) is 99.0 Å². The number of nitrogens with two attached hydrogens (primary N) is 4. The molecule has 43 heteroatoms. The zero-order valence-electron chi connectivity index (χ0n) is 62.7. The van der Waals surface area contributed by atoms with Gasteiger partial charge in [-0.05, 0) is 88.4 Å². The van der Waals surface area contributed by atoms with Gasteiger partial charge < -0.3 is 69.9 Å². The number of furan rings is 1. The van der Waals surface area contributed by atoms with Crippen molar-refractivity contribution in [2.75, 3.05) is 65.5 Å². The van der Waals surface area contributed by atoms with Crippen LogP contribution in [0.3, 0.4) is 0 Å². The maximum Gasteiger partial charge on any atom is 0.235 e. The molecule has 35 nitrogen and oxygen atoms in total. The lowest BCUT2D eigenvalue weighted by atomic mass is 9.92. The zero-order chi connectivity index (χ0) is 83.0. The van der Waals surface area contributed by atoms with Gasteiger partial charge in [0.05, 0.1) is 47.5 Å². The molecule has 0 radical (unpaired) electrons. The van der Waals surface area contributed by atoms with Gasteiger partial charge in [0.1, 0.15) is 52.2 Å². The summed E-state index contributed by atoms with van der Waals surface area (Å²) in [6, 6.07) is 31.2. The highest BCUT2D eigenvalue weighted by Gasteiger charge is 2.23. The van der Waals surface area contributed by atoms with E-state index < -0.39 is 70.7 Å². The lowest BCUT2D eigenvalue weighted by Crippen LogP contribution is -2.14. The number of rotatable bonds is 23. The molecule has 4 atom stereocenters. The second-order valence-electron chi connectivity index (χ2n) is 26.3. The Hall–Kier alpha value is -15.6. The minimum absolute atomic E-state index is 0.0154. The van der Waals surface area contributed by atoms with Crippen molar-refractivity contribution in [3.05, 3.63) is 239 Å². The van der Waals surface area contributed by atoms with E-state index in [4.69, 9.17) is 27.4 Å². The van der Waals surface area contributed by atoms with Crippen LogP contribution in [0.2, 0.25) is 0 Å². The zero-order valence-corrected chi connectivity index (χ0v) is 62.7. The largest absolute Gasteiger partial charge is 0.463 e. The van der Waals surface area contributed by atoms with E-state index in [2.05, 4.69) is 174 Å². The lowest BCUT2D eigenvalue weighted by Gasteiger charge is -2.15. The maximum absolute atomic E-state index is 14.0. The number of aromatic nitrogens is 22. The third-order valence-corrected chi connectivity index (χ3v) is 16.5. The third kappa shape index (κ3) is 22.2. The minimum atomic E-state index is -0.674. The van der Waals surface area contributed by atoms with Crippen LogP contribution in [-0.4, -0.2) is 111 Å². The number of hydrogen-bond acceptors (Lipinski definition) is 31. The fraction of sp³-hybridized carbons (Fsp3) is 0.162. The molecule has 4 unspecified atom stereocenters. The standard InChI is InChI=1S/2C19H17F2N9.C18H16F2N8O.C18H22F2N8/c1-10(13-3-2-12(20)8-14(13)21)24-18-26-17(22)27-19(28-18)25-16-9-15(29-30-16)11-4-6-23-7-5-11;1-10(12-6-5-11(20)8-13(12)21)24-18-26-17(22)27-19(28-18)25-16-9-15(29-30-16)14-4-2-3-7-23-14;1-9(11-5-4-10(19)7-12(11)20)22-17-24-16(21)25-18(26-17)23-15-8-13(27-28-15)14-3-2-6-29-14;1-9(11-6-5-10(19)7-12(11)20)22-16-24-15(21)25-17(26-16)23-14-8-13(27-28-14)18(2,3)4/h2*2-10H,1H3,(H5,22,24,25,26,27,28,29,30);2-9H,1H3,(H5,21,22,23,24,25,26,27,28);5-9H,1-4H3,(H5,21,22,23,24,25,26,27,28). The monoisotopic (exact) mass is 1600 g/mol. The van der Waals surface area contributed by atoms with E-state index in [1.807, 2.05) is 36.4 Å². The van der Waals surface area contributed by atoms with Crippen LogP contribution in [0.5, 0.6) is 0 Å². The number of nitrogens with zero attached hydrogens (tertiary/aromatic N) is 18. The SMILES string of the molecule is CC(Nc1nc(N)nc(Nc2cc(-c3ccccn3)[nH]n2)n1)c1ccc(F)cc1F.CC(Nc1nc(N)nc(Nc2cc(-c3ccco3)[nH]n2)n1)c1ccc(F)cc1F.CC(Nc1nc(N)nc(Nc2cc(-c3ccncc3)[nH]n2)n1)c1ccc(F)cc1F.CC(Nc1nc(N)nc(Nc2cc(C(C)(C)C)[nH]n2)n1)c1ccc(F)cc1F. The second kappa shape index (κ2) is 36.2. The smallest absolute Gasteiger partial charge is 0.235 e. The van der Waals surface area contributed by atoms with Crippen molar-refractivity contribution in [1.82, 2.24) is 111 Å². The summed E-state index contributed by atoms with van der Waals surface area (Å²) in [6.45, 7) is 12.9. The molecule has 0 saturated carbocycles. The van der Waals surface area contributed by atoms with Crippen molar-refractivity contribution in [2.24, 2.45) is 0 Å². The average molecular weight is 1610 g/mol. The van der Waals surface area contributed by atoms with Gasteiger partial charge in [-0.3, -0.25) is 30.4 Å². The number of H-pyrrole nitrogens is 4. The Morgan fingerprint density at radius 1 is 0.350 bits per heavy atom. The summed E-state index contributed by atoms with van der Waals surface area (Å²) in [5.41, 5.74) is 28.8. The number of benzene rings is 4. The molecule has 0 bridgehead atoms. The first-order valence-electron chi connectivity index (χ1n) is 35.1. The van der Waals surface area contributed by atoms with Gasteiger partial charge >= 0.3 is 0 Å². The van der Waals surface area contributed by atoms with Crippen LogP contribution in [0.15, 0.2) is 169 Å². The summed E-state index contributed by atoms with van der Waals surface area (Å²) in [7, 11) is 0. The van der Waals surface area contributed by atoms with Gasteiger partial charge in [0.2, 0.25) is 71.4 Å². The number of hydrogen-bond donors (Lipinski definition) is 16. The van der Waals surface area contributed by atoms with E-state index >= 15 is 0 Å². The normalized spacial score (nSPS) is 12.1. The molecule has 0 fully saturated rings. The molecule has 11 aromatic heterocycles. The first-order chi connectivity index (χ1) is 56.0. The Balaban J connectivity index is 0.000000144. The van der Waals surface area contributed by atoms with E-state index in [0.29, 0.717) is 40.4 Å². The van der Waals surface area contributed by atoms with Crippen LogP contribution in [0.4, 0.5) is 130 Å². The molecular formula is C74H72F8N34O. The highest BCUT2D eigenvalue weighted by Crippen LogP contribution is 2.31. The fourth-order valence-corrected chi connectivity index (χ4v) is 10.8. The second-order valence-corrected chi connectivity index (χ2v) is 26.3. The van der Waals surface area contributed by atoms with E-state index in [9.17, 15) is 35.1 Å². The molecular weight excluding hydrogens is 1530 g/mol. The highest BCUT2D eigenvalue weighted by atomic mass is 19.2. The number of nitrogens with one attached hydrogen (secondary N) is 12. The Labute approximate surface area is 658 Å².